The molecule has 5 rings (SSSR count). The lowest BCUT2D eigenvalue weighted by atomic mass is 10.0. The highest BCUT2D eigenvalue weighted by molar-refractivity contribution is 7.71. The molecule has 0 bridgehead atoms. The summed E-state index contributed by atoms with van der Waals surface area (Å²) < 4.78 is 12.2. The highest BCUT2D eigenvalue weighted by Crippen LogP contribution is 2.31. The van der Waals surface area contributed by atoms with Crippen LogP contribution in [-0.4, -0.2) is 19.9 Å². The molecule has 4 heterocycles. The molecule has 0 aliphatic heterocycles. The van der Waals surface area contributed by atoms with Crippen molar-refractivity contribution in [1.29, 1.82) is 0 Å². The van der Waals surface area contributed by atoms with Crippen molar-refractivity contribution in [3.63, 3.8) is 0 Å². The first-order valence-corrected chi connectivity index (χ1v) is 11.6. The van der Waals surface area contributed by atoms with Gasteiger partial charge in [-0.1, -0.05) is 24.3 Å². The lowest BCUT2D eigenvalue weighted by molar-refractivity contribution is 0.505. The van der Waals surface area contributed by atoms with Crippen molar-refractivity contribution < 1.29 is 8.83 Å². The van der Waals surface area contributed by atoms with Gasteiger partial charge in [0.2, 0.25) is 0 Å². The van der Waals surface area contributed by atoms with Gasteiger partial charge in [-0.15, -0.1) is 0 Å². The fourth-order valence-corrected chi connectivity index (χ4v) is 4.53. The second kappa shape index (κ2) is 8.62. The van der Waals surface area contributed by atoms with Crippen molar-refractivity contribution in [3.05, 3.63) is 81.1 Å². The number of benzene rings is 1. The zero-order chi connectivity index (χ0) is 24.0. The minimum absolute atomic E-state index is 0.418. The molecule has 8 heteroatoms. The number of aromatic amines is 2. The molecule has 0 aliphatic rings. The number of nitrogens with zero attached hydrogens (tertiary/aromatic N) is 2. The van der Waals surface area contributed by atoms with Crippen LogP contribution in [0.1, 0.15) is 23.0 Å². The Morgan fingerprint density at radius 3 is 1.32 bits per heavy atom. The molecule has 0 aliphatic carbocycles. The standard InChI is InChI=1S/C26H22N4O2S2/c1-13-9-19(15(3)31-13)23-11-21(27-25(33)29-23)17-5-7-18(8-6-17)22-12-24(30-26(34)28-22)20-10-14(2)32-16(20)4/h5-12H,1-4H3,(H,27,29,33)(H,28,30,34). The number of H-pyrrole nitrogens is 2. The Hall–Kier alpha value is -3.62. The molecule has 0 fully saturated rings. The van der Waals surface area contributed by atoms with Crippen LogP contribution in [0.15, 0.2) is 57.4 Å². The first kappa shape index (κ1) is 22.2. The molecule has 0 spiro atoms. The Balaban J connectivity index is 1.52. The van der Waals surface area contributed by atoms with Crippen LogP contribution in [-0.2, 0) is 0 Å². The van der Waals surface area contributed by atoms with Gasteiger partial charge in [0, 0.05) is 22.3 Å². The van der Waals surface area contributed by atoms with E-state index in [4.69, 9.17) is 33.3 Å². The van der Waals surface area contributed by atoms with Crippen LogP contribution in [0.5, 0.6) is 0 Å². The van der Waals surface area contributed by atoms with Crippen LogP contribution in [0, 0.1) is 37.2 Å². The molecule has 170 valence electrons. The molecule has 5 aromatic rings. The molecule has 4 aromatic heterocycles. The summed E-state index contributed by atoms with van der Waals surface area (Å²) in [6.07, 6.45) is 0. The molecular formula is C26H22N4O2S2. The van der Waals surface area contributed by atoms with E-state index in [-0.39, 0.29) is 0 Å². The second-order valence-corrected chi connectivity index (χ2v) is 8.97. The van der Waals surface area contributed by atoms with Crippen molar-refractivity contribution in [2.75, 3.05) is 0 Å². The van der Waals surface area contributed by atoms with Gasteiger partial charge in [-0.25, -0.2) is 9.97 Å². The molecule has 2 N–H and O–H groups in total. The number of rotatable bonds is 4. The Kier molecular flexibility index (Phi) is 5.63. The van der Waals surface area contributed by atoms with Crippen molar-refractivity contribution in [2.45, 2.75) is 27.7 Å². The zero-order valence-electron chi connectivity index (χ0n) is 19.1. The summed E-state index contributed by atoms with van der Waals surface area (Å²) >= 11 is 10.8. The van der Waals surface area contributed by atoms with Gasteiger partial charge < -0.3 is 18.8 Å². The number of hydrogen-bond acceptors (Lipinski definition) is 6. The van der Waals surface area contributed by atoms with Crippen LogP contribution in [0.4, 0.5) is 0 Å². The predicted molar refractivity (Wildman–Crippen MR) is 138 cm³/mol. The third-order valence-corrected chi connectivity index (χ3v) is 6.01. The summed E-state index contributed by atoms with van der Waals surface area (Å²) in [6, 6.07) is 16.0. The fourth-order valence-electron chi connectivity index (χ4n) is 4.11. The number of hydrogen-bond donors (Lipinski definition) is 2. The molecule has 6 nitrogen and oxygen atoms in total. The van der Waals surface area contributed by atoms with Crippen molar-refractivity contribution >= 4 is 24.4 Å². The number of aromatic nitrogens is 4. The lowest BCUT2D eigenvalue weighted by Gasteiger charge is -2.08. The molecule has 0 atom stereocenters. The van der Waals surface area contributed by atoms with Crippen molar-refractivity contribution in [3.8, 4) is 45.0 Å². The van der Waals surface area contributed by atoms with Crippen molar-refractivity contribution in [2.24, 2.45) is 0 Å². The van der Waals surface area contributed by atoms with Gasteiger partial charge in [-0.2, -0.15) is 0 Å². The topological polar surface area (TPSA) is 83.6 Å². The van der Waals surface area contributed by atoms with E-state index in [2.05, 4.69) is 19.9 Å². The molecule has 0 saturated carbocycles. The maximum atomic E-state index is 5.68. The average Bonchev–Trinajstić information content (AvgIpc) is 3.32. The average molecular weight is 487 g/mol. The summed E-state index contributed by atoms with van der Waals surface area (Å²) in [5.41, 5.74) is 7.17. The quantitative estimate of drug-likeness (QED) is 0.253. The van der Waals surface area contributed by atoms with Gasteiger partial charge in [-0.3, -0.25) is 0 Å². The summed E-state index contributed by atoms with van der Waals surface area (Å²) in [7, 11) is 0. The Morgan fingerprint density at radius 1 is 0.618 bits per heavy atom. The van der Waals surface area contributed by atoms with Gasteiger partial charge in [0.15, 0.2) is 9.54 Å². The van der Waals surface area contributed by atoms with Crippen LogP contribution in [0.3, 0.4) is 0 Å². The normalized spacial score (nSPS) is 11.2. The largest absolute Gasteiger partial charge is 0.466 e. The number of nitrogens with one attached hydrogen (secondary N) is 2. The molecule has 1 aromatic carbocycles. The van der Waals surface area contributed by atoms with E-state index in [0.29, 0.717) is 9.54 Å². The molecule has 0 amide bonds. The smallest absolute Gasteiger partial charge is 0.197 e. The Bertz CT molecular complexity index is 1520. The Morgan fingerprint density at radius 2 is 1.00 bits per heavy atom. The van der Waals surface area contributed by atoms with Gasteiger partial charge in [0.05, 0.1) is 22.8 Å². The molecule has 0 saturated heterocycles. The lowest BCUT2D eigenvalue weighted by Crippen LogP contribution is -1.93. The second-order valence-electron chi connectivity index (χ2n) is 8.20. The maximum Gasteiger partial charge on any atom is 0.197 e. The van der Waals surface area contributed by atoms with Crippen LogP contribution >= 0.6 is 24.4 Å². The zero-order valence-corrected chi connectivity index (χ0v) is 20.8. The van der Waals surface area contributed by atoms with Gasteiger partial charge in [-0.05, 0) is 76.4 Å². The minimum Gasteiger partial charge on any atom is -0.466 e. The summed E-state index contributed by atoms with van der Waals surface area (Å²) in [4.78, 5) is 15.4. The summed E-state index contributed by atoms with van der Waals surface area (Å²) in [5.74, 6) is 3.37. The third-order valence-electron chi connectivity index (χ3n) is 5.63. The Labute approximate surface area is 206 Å². The summed E-state index contributed by atoms with van der Waals surface area (Å²) in [5, 5.41) is 0. The fraction of sp³-hybridized carbons (Fsp3) is 0.154. The van der Waals surface area contributed by atoms with E-state index in [1.807, 2.05) is 76.2 Å². The molecule has 34 heavy (non-hydrogen) atoms. The highest BCUT2D eigenvalue weighted by Gasteiger charge is 2.13. The number of aryl methyl sites for hydroxylation is 4. The maximum absolute atomic E-state index is 5.68. The van der Waals surface area contributed by atoms with E-state index in [1.165, 1.54) is 0 Å². The van der Waals surface area contributed by atoms with Gasteiger partial charge in [0.1, 0.15) is 23.0 Å². The van der Waals surface area contributed by atoms with Crippen LogP contribution in [0.2, 0.25) is 0 Å². The van der Waals surface area contributed by atoms with E-state index >= 15 is 0 Å². The van der Waals surface area contributed by atoms with Crippen molar-refractivity contribution in [1.82, 2.24) is 19.9 Å². The van der Waals surface area contributed by atoms with E-state index in [0.717, 1.165) is 68.1 Å². The molecular weight excluding hydrogens is 464 g/mol. The predicted octanol–water partition coefficient (Wildman–Crippen LogP) is 7.68. The van der Waals surface area contributed by atoms with Gasteiger partial charge >= 0.3 is 0 Å². The van der Waals surface area contributed by atoms with E-state index < -0.39 is 0 Å². The first-order chi connectivity index (χ1) is 16.3. The molecule has 0 unspecified atom stereocenters. The van der Waals surface area contributed by atoms with Crippen LogP contribution in [0.25, 0.3) is 45.0 Å². The minimum atomic E-state index is 0.418. The number of furan rings is 2. The SMILES string of the molecule is Cc1cc(-c2cc(-c3ccc(-c4cc(-c5cc(C)oc5C)[nH]c(=S)n4)cc3)nc(=S)[nH]2)c(C)o1. The van der Waals surface area contributed by atoms with Crippen LogP contribution < -0.4 is 0 Å². The molecule has 0 radical (unpaired) electrons. The van der Waals surface area contributed by atoms with E-state index in [9.17, 15) is 0 Å². The first-order valence-electron chi connectivity index (χ1n) is 10.7. The highest BCUT2D eigenvalue weighted by atomic mass is 32.1. The summed E-state index contributed by atoms with van der Waals surface area (Å²) in [6.45, 7) is 7.73. The van der Waals surface area contributed by atoms with Gasteiger partial charge in [0.25, 0.3) is 0 Å². The third kappa shape index (κ3) is 4.30. The van der Waals surface area contributed by atoms with E-state index in [1.54, 1.807) is 0 Å². The monoisotopic (exact) mass is 486 g/mol.